The first-order valence-corrected chi connectivity index (χ1v) is 7.68. The highest BCUT2D eigenvalue weighted by Gasteiger charge is 2.33. The third kappa shape index (κ3) is 4.25. The van der Waals surface area contributed by atoms with E-state index in [1.54, 1.807) is 26.2 Å². The van der Waals surface area contributed by atoms with E-state index in [9.17, 15) is 4.79 Å². The van der Waals surface area contributed by atoms with Crippen LogP contribution in [0, 0.1) is 6.92 Å². The molecule has 0 saturated carbocycles. The molecule has 0 aliphatic heterocycles. The summed E-state index contributed by atoms with van der Waals surface area (Å²) >= 11 is 0. The molecule has 0 saturated heterocycles. The molecule has 0 spiro atoms. The third-order valence-corrected chi connectivity index (χ3v) is 3.87. The van der Waals surface area contributed by atoms with Crippen molar-refractivity contribution in [1.29, 1.82) is 0 Å². The zero-order valence-electron chi connectivity index (χ0n) is 14.1. The van der Waals surface area contributed by atoms with Crippen LogP contribution in [-0.2, 0) is 4.79 Å². The van der Waals surface area contributed by atoms with E-state index in [-0.39, 0.29) is 5.91 Å². The molecule has 0 aliphatic carbocycles. The SMILES string of the molecule is CCC(C)(Oc1ccc(OC)cc1)C(=O)Nc1ccc(C)cc1. The number of carbonyl (C=O) groups is 1. The van der Waals surface area contributed by atoms with Gasteiger partial charge in [-0.1, -0.05) is 24.6 Å². The molecule has 4 nitrogen and oxygen atoms in total. The van der Waals surface area contributed by atoms with Crippen molar-refractivity contribution in [3.05, 3.63) is 54.1 Å². The van der Waals surface area contributed by atoms with Gasteiger partial charge < -0.3 is 14.8 Å². The standard InChI is InChI=1S/C19H23NO3/c1-5-19(3,23-17-12-10-16(22-4)11-13-17)18(21)20-15-8-6-14(2)7-9-15/h6-13H,5H2,1-4H3,(H,20,21). The van der Waals surface area contributed by atoms with Gasteiger partial charge in [-0.3, -0.25) is 4.79 Å². The normalized spacial score (nSPS) is 13.0. The number of anilines is 1. The predicted octanol–water partition coefficient (Wildman–Crippen LogP) is 4.19. The monoisotopic (exact) mass is 313 g/mol. The molecule has 2 aromatic carbocycles. The summed E-state index contributed by atoms with van der Waals surface area (Å²) in [6.45, 7) is 5.73. The van der Waals surface area contributed by atoms with Gasteiger partial charge in [0.25, 0.3) is 5.91 Å². The van der Waals surface area contributed by atoms with Crippen LogP contribution in [0.3, 0.4) is 0 Å². The van der Waals surface area contributed by atoms with Crippen molar-refractivity contribution in [2.24, 2.45) is 0 Å². The van der Waals surface area contributed by atoms with Gasteiger partial charge in [-0.05, 0) is 56.7 Å². The van der Waals surface area contributed by atoms with Crippen LogP contribution >= 0.6 is 0 Å². The van der Waals surface area contributed by atoms with Gasteiger partial charge in [-0.15, -0.1) is 0 Å². The van der Waals surface area contributed by atoms with E-state index >= 15 is 0 Å². The van der Waals surface area contributed by atoms with E-state index in [1.807, 2.05) is 50.2 Å². The minimum atomic E-state index is -0.945. The first-order valence-electron chi connectivity index (χ1n) is 7.68. The molecule has 4 heteroatoms. The quantitative estimate of drug-likeness (QED) is 0.870. The second-order valence-electron chi connectivity index (χ2n) is 5.68. The summed E-state index contributed by atoms with van der Waals surface area (Å²) < 4.78 is 11.1. The number of methoxy groups -OCH3 is 1. The molecule has 0 aliphatic rings. The Hall–Kier alpha value is -2.49. The Morgan fingerprint density at radius 2 is 1.61 bits per heavy atom. The van der Waals surface area contributed by atoms with Crippen molar-refractivity contribution in [2.45, 2.75) is 32.8 Å². The van der Waals surface area contributed by atoms with Gasteiger partial charge >= 0.3 is 0 Å². The summed E-state index contributed by atoms with van der Waals surface area (Å²) in [6.07, 6.45) is 0.552. The molecule has 1 amide bonds. The van der Waals surface area contributed by atoms with Crippen molar-refractivity contribution in [2.75, 3.05) is 12.4 Å². The third-order valence-electron chi connectivity index (χ3n) is 3.87. The van der Waals surface area contributed by atoms with Crippen molar-refractivity contribution in [1.82, 2.24) is 0 Å². The summed E-state index contributed by atoms with van der Waals surface area (Å²) in [4.78, 5) is 12.6. The van der Waals surface area contributed by atoms with Gasteiger partial charge in [0.2, 0.25) is 0 Å². The Balaban J connectivity index is 2.11. The van der Waals surface area contributed by atoms with Crippen LogP contribution in [0.2, 0.25) is 0 Å². The van der Waals surface area contributed by atoms with Crippen molar-refractivity contribution < 1.29 is 14.3 Å². The maximum Gasteiger partial charge on any atom is 0.268 e. The molecule has 0 bridgehead atoms. The van der Waals surface area contributed by atoms with Gasteiger partial charge in [-0.25, -0.2) is 0 Å². The number of benzene rings is 2. The van der Waals surface area contributed by atoms with Crippen LogP contribution in [-0.4, -0.2) is 18.6 Å². The lowest BCUT2D eigenvalue weighted by Gasteiger charge is -2.28. The van der Waals surface area contributed by atoms with E-state index < -0.39 is 5.60 Å². The minimum Gasteiger partial charge on any atom is -0.497 e. The van der Waals surface area contributed by atoms with Crippen LogP contribution in [0.25, 0.3) is 0 Å². The van der Waals surface area contributed by atoms with Crippen LogP contribution in [0.15, 0.2) is 48.5 Å². The molecule has 0 heterocycles. The summed E-state index contributed by atoms with van der Waals surface area (Å²) in [6, 6.07) is 14.9. The topological polar surface area (TPSA) is 47.6 Å². The molecular formula is C19H23NO3. The zero-order chi connectivity index (χ0) is 16.9. The number of aryl methyl sites for hydroxylation is 1. The fourth-order valence-electron chi connectivity index (χ4n) is 2.08. The Morgan fingerprint density at radius 1 is 1.04 bits per heavy atom. The molecule has 122 valence electrons. The number of carbonyl (C=O) groups excluding carboxylic acids is 1. The lowest BCUT2D eigenvalue weighted by molar-refractivity contribution is -0.130. The Labute approximate surface area is 137 Å². The predicted molar refractivity (Wildman–Crippen MR) is 92.1 cm³/mol. The van der Waals surface area contributed by atoms with Crippen LogP contribution < -0.4 is 14.8 Å². The fraction of sp³-hybridized carbons (Fsp3) is 0.316. The molecule has 23 heavy (non-hydrogen) atoms. The number of rotatable bonds is 6. The molecular weight excluding hydrogens is 290 g/mol. The van der Waals surface area contributed by atoms with E-state index in [4.69, 9.17) is 9.47 Å². The summed E-state index contributed by atoms with van der Waals surface area (Å²) in [5.74, 6) is 1.22. The molecule has 2 rings (SSSR count). The van der Waals surface area contributed by atoms with Crippen LogP contribution in [0.1, 0.15) is 25.8 Å². The van der Waals surface area contributed by atoms with Crippen molar-refractivity contribution in [3.8, 4) is 11.5 Å². The minimum absolute atomic E-state index is 0.167. The number of ether oxygens (including phenoxy) is 2. The lowest BCUT2D eigenvalue weighted by Crippen LogP contribution is -2.44. The largest absolute Gasteiger partial charge is 0.497 e. The molecule has 1 unspecified atom stereocenters. The van der Waals surface area contributed by atoms with Gasteiger partial charge in [-0.2, -0.15) is 0 Å². The van der Waals surface area contributed by atoms with Gasteiger partial charge in [0.1, 0.15) is 11.5 Å². The maximum absolute atomic E-state index is 12.6. The Kier molecular flexibility index (Phi) is 5.27. The van der Waals surface area contributed by atoms with E-state index in [0.717, 1.165) is 17.0 Å². The average Bonchev–Trinajstić information content (AvgIpc) is 2.57. The average molecular weight is 313 g/mol. The molecule has 2 aromatic rings. The zero-order valence-corrected chi connectivity index (χ0v) is 14.1. The Bertz CT molecular complexity index is 649. The van der Waals surface area contributed by atoms with Crippen molar-refractivity contribution in [3.63, 3.8) is 0 Å². The van der Waals surface area contributed by atoms with Crippen LogP contribution in [0.5, 0.6) is 11.5 Å². The maximum atomic E-state index is 12.6. The van der Waals surface area contributed by atoms with E-state index in [2.05, 4.69) is 5.32 Å². The van der Waals surface area contributed by atoms with Crippen molar-refractivity contribution >= 4 is 11.6 Å². The highest BCUT2D eigenvalue weighted by atomic mass is 16.5. The molecule has 1 N–H and O–H groups in total. The number of nitrogens with one attached hydrogen (secondary N) is 1. The van der Waals surface area contributed by atoms with Crippen LogP contribution in [0.4, 0.5) is 5.69 Å². The first kappa shape index (κ1) is 16.9. The lowest BCUT2D eigenvalue weighted by atomic mass is 10.0. The molecule has 1 atom stereocenters. The first-order chi connectivity index (χ1) is 11.0. The number of hydrogen-bond donors (Lipinski definition) is 1. The smallest absolute Gasteiger partial charge is 0.268 e. The highest BCUT2D eigenvalue weighted by Crippen LogP contribution is 2.25. The second kappa shape index (κ2) is 7.18. The number of hydrogen-bond acceptors (Lipinski definition) is 3. The van der Waals surface area contributed by atoms with Gasteiger partial charge in [0.05, 0.1) is 7.11 Å². The second-order valence-corrected chi connectivity index (χ2v) is 5.68. The fourth-order valence-corrected chi connectivity index (χ4v) is 2.08. The van der Waals surface area contributed by atoms with Gasteiger partial charge in [0.15, 0.2) is 5.60 Å². The Morgan fingerprint density at radius 3 is 2.13 bits per heavy atom. The summed E-state index contributed by atoms with van der Waals surface area (Å²) in [7, 11) is 1.61. The highest BCUT2D eigenvalue weighted by molar-refractivity contribution is 5.97. The van der Waals surface area contributed by atoms with Gasteiger partial charge in [0, 0.05) is 5.69 Å². The molecule has 0 aromatic heterocycles. The molecule has 0 fully saturated rings. The summed E-state index contributed by atoms with van der Waals surface area (Å²) in [5.41, 5.74) is 0.966. The summed E-state index contributed by atoms with van der Waals surface area (Å²) in [5, 5.41) is 2.91. The molecule has 0 radical (unpaired) electrons. The number of amides is 1. The van der Waals surface area contributed by atoms with E-state index in [1.165, 1.54) is 0 Å². The van der Waals surface area contributed by atoms with E-state index in [0.29, 0.717) is 12.2 Å².